The monoisotopic (exact) mass is 354 g/mol. The zero-order chi connectivity index (χ0) is 18.4. The maximum atomic E-state index is 13.2. The summed E-state index contributed by atoms with van der Waals surface area (Å²) in [6.07, 6.45) is 5.71. The number of hydrogen-bond donors (Lipinski definition) is 2. The number of hydrogen-bond acceptors (Lipinski definition) is 2. The van der Waals surface area contributed by atoms with Crippen molar-refractivity contribution in [2.75, 3.05) is 0 Å². The Morgan fingerprint density at radius 2 is 1.74 bits per heavy atom. The first kappa shape index (κ1) is 16.1. The summed E-state index contributed by atoms with van der Waals surface area (Å²) in [6, 6.07) is 18.7. The van der Waals surface area contributed by atoms with Gasteiger partial charge in [0, 0.05) is 46.4 Å². The number of nitrogens with one attached hydrogen (secondary N) is 2. The summed E-state index contributed by atoms with van der Waals surface area (Å²) in [5.41, 5.74) is 6.70. The van der Waals surface area contributed by atoms with Crippen LogP contribution in [0.3, 0.4) is 0 Å². The van der Waals surface area contributed by atoms with Gasteiger partial charge in [-0.15, -0.1) is 0 Å². The quantitative estimate of drug-likeness (QED) is 0.668. The number of carbonyl (C=O) groups is 1. The van der Waals surface area contributed by atoms with Crippen LogP contribution in [0.4, 0.5) is 0 Å². The van der Waals surface area contributed by atoms with E-state index in [9.17, 15) is 4.79 Å². The molecule has 3 heteroatoms. The number of benzene rings is 2. The van der Waals surface area contributed by atoms with Gasteiger partial charge >= 0.3 is 0 Å². The lowest BCUT2D eigenvalue weighted by Gasteiger charge is -2.34. The number of H-pyrrole nitrogens is 1. The van der Waals surface area contributed by atoms with Crippen LogP contribution in [0.2, 0.25) is 0 Å². The summed E-state index contributed by atoms with van der Waals surface area (Å²) in [4.78, 5) is 16.6. The van der Waals surface area contributed by atoms with Crippen LogP contribution in [0.5, 0.6) is 0 Å². The maximum Gasteiger partial charge on any atom is 0.162 e. The normalized spacial score (nSPS) is 22.4. The van der Waals surface area contributed by atoms with Crippen LogP contribution in [0.15, 0.2) is 83.8 Å². The molecule has 3 aromatic rings. The molecule has 0 saturated heterocycles. The number of para-hydroxylation sites is 1. The average Bonchev–Trinajstić information content (AvgIpc) is 3.11. The summed E-state index contributed by atoms with van der Waals surface area (Å²) in [5, 5.41) is 4.69. The SMILES string of the molecule is CC1=CC(c2c[nH]c3ccccc23)C2=C(CC(c3ccccc3)CC2=O)N1. The van der Waals surface area contributed by atoms with Gasteiger partial charge < -0.3 is 10.3 Å². The summed E-state index contributed by atoms with van der Waals surface area (Å²) in [7, 11) is 0. The molecule has 0 bridgehead atoms. The molecule has 2 heterocycles. The number of Topliss-reactive ketones (excluding diaryl/α,β-unsaturated/α-hetero) is 1. The average molecular weight is 354 g/mol. The maximum absolute atomic E-state index is 13.2. The Bertz CT molecular complexity index is 1090. The number of dihydropyridines is 1. The summed E-state index contributed by atoms with van der Waals surface area (Å²) >= 11 is 0. The van der Waals surface area contributed by atoms with Crippen molar-refractivity contribution in [2.45, 2.75) is 31.6 Å². The molecule has 27 heavy (non-hydrogen) atoms. The number of ketones is 1. The molecule has 2 atom stereocenters. The fraction of sp³-hybridized carbons (Fsp3) is 0.208. The first-order chi connectivity index (χ1) is 13.2. The molecular weight excluding hydrogens is 332 g/mol. The topological polar surface area (TPSA) is 44.9 Å². The molecule has 2 unspecified atom stereocenters. The minimum atomic E-state index is 0.0154. The Morgan fingerprint density at radius 1 is 0.963 bits per heavy atom. The second-order valence-electron chi connectivity index (χ2n) is 7.57. The first-order valence-corrected chi connectivity index (χ1v) is 9.53. The molecule has 2 aromatic carbocycles. The molecular formula is C24H22N2O. The van der Waals surface area contributed by atoms with Crippen molar-refractivity contribution in [2.24, 2.45) is 0 Å². The third kappa shape index (κ3) is 2.71. The molecule has 0 radical (unpaired) electrons. The minimum absolute atomic E-state index is 0.0154. The molecule has 0 spiro atoms. The van der Waals surface area contributed by atoms with Gasteiger partial charge in [0.25, 0.3) is 0 Å². The molecule has 2 aliphatic rings. The molecule has 1 aromatic heterocycles. The van der Waals surface area contributed by atoms with Crippen LogP contribution in [0.25, 0.3) is 10.9 Å². The predicted molar refractivity (Wildman–Crippen MR) is 108 cm³/mol. The van der Waals surface area contributed by atoms with E-state index in [0.29, 0.717) is 6.42 Å². The number of aromatic amines is 1. The van der Waals surface area contributed by atoms with Gasteiger partial charge in [-0.3, -0.25) is 4.79 Å². The Kier molecular flexibility index (Phi) is 3.75. The van der Waals surface area contributed by atoms with E-state index in [-0.39, 0.29) is 17.6 Å². The van der Waals surface area contributed by atoms with E-state index in [1.807, 2.05) is 12.1 Å². The Hall–Kier alpha value is -3.07. The number of carbonyl (C=O) groups excluding carboxylic acids is 1. The second kappa shape index (κ2) is 6.27. The van der Waals surface area contributed by atoms with Crippen molar-refractivity contribution in [1.29, 1.82) is 0 Å². The van der Waals surface area contributed by atoms with Crippen LogP contribution in [-0.2, 0) is 4.79 Å². The fourth-order valence-corrected chi connectivity index (χ4v) is 4.58. The van der Waals surface area contributed by atoms with E-state index in [0.717, 1.165) is 28.9 Å². The largest absolute Gasteiger partial charge is 0.362 e. The Labute approximate surface area is 158 Å². The lowest BCUT2D eigenvalue weighted by molar-refractivity contribution is -0.116. The highest BCUT2D eigenvalue weighted by Gasteiger charge is 2.35. The van der Waals surface area contributed by atoms with Gasteiger partial charge in [-0.05, 0) is 36.5 Å². The zero-order valence-corrected chi connectivity index (χ0v) is 15.3. The fourth-order valence-electron chi connectivity index (χ4n) is 4.58. The molecule has 134 valence electrons. The van der Waals surface area contributed by atoms with Gasteiger partial charge in [-0.1, -0.05) is 54.6 Å². The molecule has 0 fully saturated rings. The van der Waals surface area contributed by atoms with Crippen molar-refractivity contribution in [3.8, 4) is 0 Å². The van der Waals surface area contributed by atoms with Crippen LogP contribution < -0.4 is 5.32 Å². The number of fused-ring (bicyclic) bond motifs is 1. The number of aromatic nitrogens is 1. The number of rotatable bonds is 2. The van der Waals surface area contributed by atoms with Gasteiger partial charge in [-0.2, -0.15) is 0 Å². The van der Waals surface area contributed by atoms with Gasteiger partial charge in [0.15, 0.2) is 5.78 Å². The highest BCUT2D eigenvalue weighted by molar-refractivity contribution is 6.01. The van der Waals surface area contributed by atoms with E-state index in [2.05, 4.69) is 72.0 Å². The van der Waals surface area contributed by atoms with Crippen LogP contribution >= 0.6 is 0 Å². The van der Waals surface area contributed by atoms with E-state index < -0.39 is 0 Å². The molecule has 0 amide bonds. The molecule has 0 saturated carbocycles. The van der Waals surface area contributed by atoms with Gasteiger partial charge in [0.1, 0.15) is 0 Å². The van der Waals surface area contributed by atoms with Crippen LogP contribution in [-0.4, -0.2) is 10.8 Å². The van der Waals surface area contributed by atoms with Crippen molar-refractivity contribution in [3.05, 3.63) is 95.0 Å². The smallest absolute Gasteiger partial charge is 0.162 e. The van der Waals surface area contributed by atoms with E-state index in [1.165, 1.54) is 16.5 Å². The van der Waals surface area contributed by atoms with Crippen molar-refractivity contribution in [3.63, 3.8) is 0 Å². The highest BCUT2D eigenvalue weighted by atomic mass is 16.1. The zero-order valence-electron chi connectivity index (χ0n) is 15.3. The summed E-state index contributed by atoms with van der Waals surface area (Å²) < 4.78 is 0. The second-order valence-corrected chi connectivity index (χ2v) is 7.57. The third-order valence-electron chi connectivity index (χ3n) is 5.81. The van der Waals surface area contributed by atoms with Crippen LogP contribution in [0, 0.1) is 0 Å². The lowest BCUT2D eigenvalue weighted by Crippen LogP contribution is -2.31. The summed E-state index contributed by atoms with van der Waals surface area (Å²) in [6.45, 7) is 2.09. The van der Waals surface area contributed by atoms with E-state index >= 15 is 0 Å². The van der Waals surface area contributed by atoms with Gasteiger partial charge in [-0.25, -0.2) is 0 Å². The molecule has 3 nitrogen and oxygen atoms in total. The predicted octanol–water partition coefficient (Wildman–Crippen LogP) is 5.16. The van der Waals surface area contributed by atoms with E-state index in [1.54, 1.807) is 0 Å². The number of allylic oxidation sites excluding steroid dienone is 4. The van der Waals surface area contributed by atoms with Crippen molar-refractivity contribution in [1.82, 2.24) is 10.3 Å². The van der Waals surface area contributed by atoms with E-state index in [4.69, 9.17) is 0 Å². The third-order valence-corrected chi connectivity index (χ3v) is 5.81. The van der Waals surface area contributed by atoms with Crippen molar-refractivity contribution < 1.29 is 4.79 Å². The highest BCUT2D eigenvalue weighted by Crippen LogP contribution is 2.43. The minimum Gasteiger partial charge on any atom is -0.362 e. The Balaban J connectivity index is 1.59. The Morgan fingerprint density at radius 3 is 2.59 bits per heavy atom. The summed E-state index contributed by atoms with van der Waals surface area (Å²) in [5.74, 6) is 0.526. The van der Waals surface area contributed by atoms with Crippen molar-refractivity contribution >= 4 is 16.7 Å². The van der Waals surface area contributed by atoms with Gasteiger partial charge in [0.05, 0.1) is 0 Å². The molecule has 1 aliphatic heterocycles. The van der Waals surface area contributed by atoms with Crippen LogP contribution in [0.1, 0.15) is 42.7 Å². The lowest BCUT2D eigenvalue weighted by atomic mass is 9.74. The molecule has 2 N–H and O–H groups in total. The van der Waals surface area contributed by atoms with Gasteiger partial charge in [0.2, 0.25) is 0 Å². The first-order valence-electron chi connectivity index (χ1n) is 9.53. The standard InChI is InChI=1S/C24H22N2O/c1-15-11-19(20-14-25-21-10-6-5-9-18(20)21)24-22(26-15)12-17(13-23(24)27)16-7-3-2-4-8-16/h2-11,14,17,19,25-26H,12-13H2,1H3. The molecule has 5 rings (SSSR count). The molecule has 1 aliphatic carbocycles.